The van der Waals surface area contributed by atoms with Gasteiger partial charge in [0.05, 0.1) is 11.5 Å². The van der Waals surface area contributed by atoms with Crippen molar-refractivity contribution >= 4 is 22.0 Å². The Hall–Kier alpha value is -2.13. The topological polar surface area (TPSA) is 119 Å². The molecule has 8 nitrogen and oxygen atoms in total. The second-order valence-corrected chi connectivity index (χ2v) is 7.70. The maximum Gasteiger partial charge on any atom is 0.347 e. The van der Waals surface area contributed by atoms with Crippen LogP contribution in [0.3, 0.4) is 0 Å². The van der Waals surface area contributed by atoms with E-state index in [0.717, 1.165) is 6.42 Å². The molecule has 1 aliphatic rings. The van der Waals surface area contributed by atoms with Gasteiger partial charge in [-0.1, -0.05) is 19.8 Å². The minimum atomic E-state index is -4.01. The molecule has 1 aliphatic heterocycles. The predicted molar refractivity (Wildman–Crippen MR) is 92.5 cm³/mol. The number of fused-ring (bicyclic) bond motifs is 1. The number of nitrogens with one attached hydrogen (secondary N) is 1. The highest BCUT2D eigenvalue weighted by atomic mass is 32.2. The van der Waals surface area contributed by atoms with Gasteiger partial charge in [0, 0.05) is 6.42 Å². The minimum absolute atomic E-state index is 0.0629. The van der Waals surface area contributed by atoms with Gasteiger partial charge in [-0.05, 0) is 37.1 Å². The monoisotopic (exact) mass is 385 g/mol. The summed E-state index contributed by atoms with van der Waals surface area (Å²) >= 11 is 0. The third-order valence-electron chi connectivity index (χ3n) is 4.01. The van der Waals surface area contributed by atoms with Crippen LogP contribution >= 0.6 is 0 Å². The van der Waals surface area contributed by atoms with Crippen LogP contribution in [0.25, 0.3) is 0 Å². The molecule has 1 heterocycles. The molecule has 0 bridgehead atoms. The van der Waals surface area contributed by atoms with Crippen molar-refractivity contribution in [2.24, 2.45) is 0 Å². The van der Waals surface area contributed by atoms with Gasteiger partial charge in [-0.15, -0.1) is 0 Å². The Labute approximate surface area is 152 Å². The lowest BCUT2D eigenvalue weighted by molar-refractivity contribution is -0.150. The molecular formula is C17H23NO7S. The van der Waals surface area contributed by atoms with Crippen molar-refractivity contribution in [2.75, 3.05) is 6.61 Å². The van der Waals surface area contributed by atoms with Crippen LogP contribution in [0.2, 0.25) is 0 Å². The molecule has 0 saturated heterocycles. The van der Waals surface area contributed by atoms with Gasteiger partial charge in [0.25, 0.3) is 0 Å². The van der Waals surface area contributed by atoms with Gasteiger partial charge >= 0.3 is 11.9 Å². The molecule has 0 spiro atoms. The Kier molecular flexibility index (Phi) is 6.60. The van der Waals surface area contributed by atoms with E-state index in [2.05, 4.69) is 4.72 Å². The van der Waals surface area contributed by atoms with Crippen molar-refractivity contribution in [3.8, 4) is 5.75 Å². The number of unbranched alkanes of at least 4 members (excludes halogenated alkanes) is 1. The second kappa shape index (κ2) is 8.50. The molecule has 2 N–H and O–H groups in total. The molecule has 9 heteroatoms. The van der Waals surface area contributed by atoms with E-state index in [1.165, 1.54) is 18.2 Å². The lowest BCUT2D eigenvalue weighted by Crippen LogP contribution is -2.40. The van der Waals surface area contributed by atoms with Crippen LogP contribution in [-0.4, -0.2) is 44.2 Å². The number of esters is 1. The maximum absolute atomic E-state index is 12.5. The lowest BCUT2D eigenvalue weighted by Gasteiger charge is -2.14. The van der Waals surface area contributed by atoms with Crippen LogP contribution in [0.15, 0.2) is 23.1 Å². The van der Waals surface area contributed by atoms with E-state index in [0.29, 0.717) is 17.7 Å². The Morgan fingerprint density at radius 1 is 1.38 bits per heavy atom. The number of hydrogen-bond donors (Lipinski definition) is 2. The molecule has 0 fully saturated rings. The summed E-state index contributed by atoms with van der Waals surface area (Å²) in [5.41, 5.74) is 0.561. The van der Waals surface area contributed by atoms with E-state index in [4.69, 9.17) is 9.47 Å². The molecule has 144 valence electrons. The lowest BCUT2D eigenvalue weighted by atomic mass is 10.1. The molecule has 1 aromatic rings. The van der Waals surface area contributed by atoms with Crippen LogP contribution in [0.4, 0.5) is 0 Å². The first kappa shape index (κ1) is 20.2. The summed E-state index contributed by atoms with van der Waals surface area (Å²) in [5, 5.41) is 9.21. The molecule has 2 atom stereocenters. The number of sulfonamides is 1. The Bertz CT molecular complexity index is 775. The average molecular weight is 385 g/mol. The summed E-state index contributed by atoms with van der Waals surface area (Å²) in [5.74, 6) is -1.30. The molecule has 0 aliphatic carbocycles. The van der Waals surface area contributed by atoms with Crippen molar-refractivity contribution in [1.82, 2.24) is 4.72 Å². The fraction of sp³-hybridized carbons (Fsp3) is 0.529. The zero-order valence-corrected chi connectivity index (χ0v) is 15.5. The number of carboxylic acid groups (broad SMARTS) is 1. The van der Waals surface area contributed by atoms with E-state index >= 15 is 0 Å². The Morgan fingerprint density at radius 2 is 2.12 bits per heavy atom. The normalized spacial score (nSPS) is 17.2. The van der Waals surface area contributed by atoms with E-state index in [9.17, 15) is 23.1 Å². The van der Waals surface area contributed by atoms with Gasteiger partial charge in [0.2, 0.25) is 10.0 Å². The SMILES string of the molecule is CCCCC(NS(=O)(=O)c1ccc2c(c1)CC(C(=O)OCC)O2)C(=O)O. The fourth-order valence-electron chi connectivity index (χ4n) is 2.66. The number of rotatable bonds is 9. The summed E-state index contributed by atoms with van der Waals surface area (Å²) in [7, 11) is -4.01. The van der Waals surface area contributed by atoms with Crippen molar-refractivity contribution < 1.29 is 32.6 Å². The molecule has 0 radical (unpaired) electrons. The quantitative estimate of drug-likeness (QED) is 0.618. The minimum Gasteiger partial charge on any atom is -0.480 e. The van der Waals surface area contributed by atoms with Crippen molar-refractivity contribution in [3.63, 3.8) is 0 Å². The molecule has 2 rings (SSSR count). The van der Waals surface area contributed by atoms with Crippen LogP contribution in [0.1, 0.15) is 38.7 Å². The molecule has 26 heavy (non-hydrogen) atoms. The van der Waals surface area contributed by atoms with Gasteiger partial charge < -0.3 is 14.6 Å². The molecule has 0 amide bonds. The third-order valence-corrected chi connectivity index (χ3v) is 5.48. The van der Waals surface area contributed by atoms with E-state index in [-0.39, 0.29) is 24.3 Å². The largest absolute Gasteiger partial charge is 0.480 e. The number of aliphatic carboxylic acids is 1. The zero-order chi connectivity index (χ0) is 19.3. The number of ether oxygens (including phenoxy) is 2. The van der Waals surface area contributed by atoms with Gasteiger partial charge in [-0.25, -0.2) is 13.2 Å². The highest BCUT2D eigenvalue weighted by Crippen LogP contribution is 2.31. The smallest absolute Gasteiger partial charge is 0.347 e. The summed E-state index contributed by atoms with van der Waals surface area (Å²) in [4.78, 5) is 23.0. The standard InChI is InChI=1S/C17H23NO7S/c1-3-5-6-13(16(19)20)18-26(22,23)12-7-8-14-11(9-12)10-15(25-14)17(21)24-4-2/h7-9,13,15,18H,3-6,10H2,1-2H3,(H,19,20). The first-order valence-electron chi connectivity index (χ1n) is 8.49. The number of carbonyl (C=O) groups excluding carboxylic acids is 1. The Morgan fingerprint density at radius 3 is 2.73 bits per heavy atom. The van der Waals surface area contributed by atoms with Gasteiger partial charge in [-0.3, -0.25) is 4.79 Å². The highest BCUT2D eigenvalue weighted by Gasteiger charge is 2.32. The van der Waals surface area contributed by atoms with Crippen molar-refractivity contribution in [3.05, 3.63) is 23.8 Å². The predicted octanol–water partition coefficient (Wildman–Crippen LogP) is 1.47. The van der Waals surface area contributed by atoms with Gasteiger partial charge in [0.1, 0.15) is 11.8 Å². The van der Waals surface area contributed by atoms with Crippen LogP contribution < -0.4 is 9.46 Å². The third kappa shape index (κ3) is 4.73. The summed E-state index contributed by atoms with van der Waals surface area (Å²) in [6, 6.07) is 3.00. The average Bonchev–Trinajstić information content (AvgIpc) is 3.02. The van der Waals surface area contributed by atoms with Crippen LogP contribution in [0, 0.1) is 0 Å². The molecule has 1 aromatic carbocycles. The van der Waals surface area contributed by atoms with Gasteiger partial charge in [-0.2, -0.15) is 4.72 Å². The molecule has 0 saturated carbocycles. The summed E-state index contributed by atoms with van der Waals surface area (Å²) in [6.45, 7) is 3.81. The zero-order valence-electron chi connectivity index (χ0n) is 14.7. The van der Waals surface area contributed by atoms with Gasteiger partial charge in [0.15, 0.2) is 6.10 Å². The van der Waals surface area contributed by atoms with Crippen molar-refractivity contribution in [2.45, 2.75) is 56.6 Å². The maximum atomic E-state index is 12.5. The van der Waals surface area contributed by atoms with Crippen molar-refractivity contribution in [1.29, 1.82) is 0 Å². The number of hydrogen-bond acceptors (Lipinski definition) is 6. The first-order valence-corrected chi connectivity index (χ1v) is 9.98. The number of benzene rings is 1. The summed E-state index contributed by atoms with van der Waals surface area (Å²) < 4.78 is 37.7. The first-order chi connectivity index (χ1) is 12.3. The van der Waals surface area contributed by atoms with E-state index in [1.807, 2.05) is 6.92 Å². The number of carbonyl (C=O) groups is 2. The molecular weight excluding hydrogens is 362 g/mol. The molecule has 2 unspecified atom stereocenters. The van der Waals surface area contributed by atoms with Crippen LogP contribution in [0.5, 0.6) is 5.75 Å². The van der Waals surface area contributed by atoms with E-state index in [1.54, 1.807) is 6.92 Å². The summed E-state index contributed by atoms with van der Waals surface area (Å²) in [6.07, 6.45) is 0.974. The second-order valence-electron chi connectivity index (χ2n) is 5.99. The van der Waals surface area contributed by atoms with Crippen LogP contribution in [-0.2, 0) is 30.8 Å². The van der Waals surface area contributed by atoms with E-state index < -0.39 is 34.1 Å². The Balaban J connectivity index is 2.16. The highest BCUT2D eigenvalue weighted by molar-refractivity contribution is 7.89. The fourth-order valence-corrected chi connectivity index (χ4v) is 3.93. The number of carboxylic acids is 1. The molecule has 0 aromatic heterocycles.